The van der Waals surface area contributed by atoms with E-state index < -0.39 is 32.5 Å². The predicted molar refractivity (Wildman–Crippen MR) is 179 cm³/mol. The normalized spacial score (nSPS) is 12.5. The van der Waals surface area contributed by atoms with E-state index in [0.717, 1.165) is 51.4 Å². The first-order valence-corrected chi connectivity index (χ1v) is 19.5. The van der Waals surface area contributed by atoms with Crippen molar-refractivity contribution in [2.24, 2.45) is 0 Å². The maximum Gasteiger partial charge on any atom is 0.469 e. The molecule has 1 atom stereocenters. The standard InChI is InChI=1S/C35H67O8P/c1-3-5-7-9-10-11-12-13-14-15-16-17-18-19-20-21-22-23-24-26-28-30-35(37)43-33(32-42-44(38,39)40)31-41-34(36)29-27-25-8-6-4-2/h15-16,33H,3-14,17-32H2,1-2H3,(H2,38,39,40)/b16-15-. The Morgan fingerprint density at radius 2 is 0.955 bits per heavy atom. The fourth-order valence-corrected chi connectivity index (χ4v) is 5.43. The lowest BCUT2D eigenvalue weighted by Gasteiger charge is -2.18. The van der Waals surface area contributed by atoms with E-state index in [-0.39, 0.29) is 19.4 Å². The highest BCUT2D eigenvalue weighted by molar-refractivity contribution is 7.46. The summed E-state index contributed by atoms with van der Waals surface area (Å²) >= 11 is 0. The van der Waals surface area contributed by atoms with E-state index in [1.165, 1.54) is 96.3 Å². The van der Waals surface area contributed by atoms with Crippen LogP contribution < -0.4 is 0 Å². The third-order valence-electron chi connectivity index (χ3n) is 7.78. The van der Waals surface area contributed by atoms with Crippen molar-refractivity contribution in [2.75, 3.05) is 13.2 Å². The molecule has 0 saturated heterocycles. The first kappa shape index (κ1) is 42.8. The summed E-state index contributed by atoms with van der Waals surface area (Å²) in [7, 11) is -4.73. The highest BCUT2D eigenvalue weighted by atomic mass is 31.2. The number of carbonyl (C=O) groups is 2. The first-order valence-electron chi connectivity index (χ1n) is 18.0. The van der Waals surface area contributed by atoms with E-state index >= 15 is 0 Å². The van der Waals surface area contributed by atoms with Crippen LogP contribution in [0.4, 0.5) is 0 Å². The van der Waals surface area contributed by atoms with Gasteiger partial charge in [-0.2, -0.15) is 0 Å². The van der Waals surface area contributed by atoms with Crippen LogP contribution in [-0.2, 0) is 28.2 Å². The van der Waals surface area contributed by atoms with E-state index in [1.807, 2.05) is 0 Å². The number of rotatable bonds is 33. The molecule has 0 radical (unpaired) electrons. The smallest absolute Gasteiger partial charge is 0.462 e. The van der Waals surface area contributed by atoms with Crippen LogP contribution in [0.5, 0.6) is 0 Å². The lowest BCUT2D eigenvalue weighted by Crippen LogP contribution is -2.29. The average Bonchev–Trinajstić information content (AvgIpc) is 2.98. The first-order chi connectivity index (χ1) is 21.3. The third-order valence-corrected chi connectivity index (χ3v) is 8.27. The topological polar surface area (TPSA) is 119 Å². The molecule has 0 fully saturated rings. The van der Waals surface area contributed by atoms with Crippen molar-refractivity contribution in [3.8, 4) is 0 Å². The van der Waals surface area contributed by atoms with Gasteiger partial charge in [-0.05, 0) is 38.5 Å². The van der Waals surface area contributed by atoms with Gasteiger partial charge in [-0.3, -0.25) is 14.1 Å². The molecule has 9 heteroatoms. The molecule has 260 valence electrons. The summed E-state index contributed by atoms with van der Waals surface area (Å²) in [4.78, 5) is 42.2. The van der Waals surface area contributed by atoms with Crippen molar-refractivity contribution in [1.82, 2.24) is 0 Å². The summed E-state index contributed by atoms with van der Waals surface area (Å²) in [5.41, 5.74) is 0. The monoisotopic (exact) mass is 646 g/mol. The number of carbonyl (C=O) groups excluding carboxylic acids is 2. The Hall–Kier alpha value is -1.21. The Kier molecular flexibility index (Phi) is 30.9. The second-order valence-corrected chi connectivity index (χ2v) is 13.4. The van der Waals surface area contributed by atoms with Gasteiger partial charge in [-0.1, -0.05) is 142 Å². The van der Waals surface area contributed by atoms with Crippen molar-refractivity contribution in [2.45, 2.75) is 187 Å². The van der Waals surface area contributed by atoms with Gasteiger partial charge in [0.05, 0.1) is 6.61 Å². The van der Waals surface area contributed by atoms with Crippen molar-refractivity contribution in [3.63, 3.8) is 0 Å². The molecular formula is C35H67O8P. The minimum Gasteiger partial charge on any atom is -0.462 e. The summed E-state index contributed by atoms with van der Waals surface area (Å²) in [6.07, 6.45) is 32.7. The predicted octanol–water partition coefficient (Wildman–Crippen LogP) is 10.3. The van der Waals surface area contributed by atoms with Crippen molar-refractivity contribution in [1.29, 1.82) is 0 Å². The molecule has 2 N–H and O–H groups in total. The zero-order valence-electron chi connectivity index (χ0n) is 28.3. The Morgan fingerprint density at radius 1 is 0.568 bits per heavy atom. The molecule has 0 saturated carbocycles. The van der Waals surface area contributed by atoms with Crippen LogP contribution in [0.2, 0.25) is 0 Å². The van der Waals surface area contributed by atoms with Gasteiger partial charge in [0.15, 0.2) is 6.10 Å². The van der Waals surface area contributed by atoms with Gasteiger partial charge < -0.3 is 19.3 Å². The Bertz CT molecular complexity index is 736. The Balaban J connectivity index is 3.79. The maximum absolute atomic E-state index is 12.3. The lowest BCUT2D eigenvalue weighted by molar-refractivity contribution is -0.161. The largest absolute Gasteiger partial charge is 0.469 e. The zero-order valence-corrected chi connectivity index (χ0v) is 29.2. The molecule has 0 rings (SSSR count). The Morgan fingerprint density at radius 3 is 1.39 bits per heavy atom. The van der Waals surface area contributed by atoms with Crippen LogP contribution >= 0.6 is 7.82 Å². The maximum atomic E-state index is 12.3. The van der Waals surface area contributed by atoms with E-state index in [2.05, 4.69) is 30.5 Å². The van der Waals surface area contributed by atoms with E-state index in [1.54, 1.807) is 0 Å². The average molecular weight is 647 g/mol. The van der Waals surface area contributed by atoms with E-state index in [4.69, 9.17) is 19.3 Å². The minimum absolute atomic E-state index is 0.213. The molecular weight excluding hydrogens is 579 g/mol. The van der Waals surface area contributed by atoms with Gasteiger partial charge in [0.25, 0.3) is 0 Å². The van der Waals surface area contributed by atoms with Crippen LogP contribution in [0.1, 0.15) is 181 Å². The van der Waals surface area contributed by atoms with Crippen molar-refractivity contribution < 1.29 is 37.9 Å². The quantitative estimate of drug-likeness (QED) is 0.0313. The number of hydrogen-bond acceptors (Lipinski definition) is 6. The van der Waals surface area contributed by atoms with Crippen molar-refractivity contribution in [3.05, 3.63) is 12.2 Å². The van der Waals surface area contributed by atoms with Crippen LogP contribution in [-0.4, -0.2) is 41.0 Å². The SMILES string of the molecule is CCCCCCCCCC/C=C\CCCCCCCCCCCC(=O)OC(COC(=O)CCCCCCC)COP(=O)(O)O. The highest BCUT2D eigenvalue weighted by Crippen LogP contribution is 2.36. The van der Waals surface area contributed by atoms with Gasteiger partial charge in [-0.15, -0.1) is 0 Å². The third kappa shape index (κ3) is 33.7. The molecule has 0 aromatic rings. The molecule has 1 unspecified atom stereocenters. The molecule has 0 aliphatic rings. The minimum atomic E-state index is -4.73. The molecule has 8 nitrogen and oxygen atoms in total. The van der Waals surface area contributed by atoms with Gasteiger partial charge in [-0.25, -0.2) is 4.57 Å². The highest BCUT2D eigenvalue weighted by Gasteiger charge is 2.22. The molecule has 0 aliphatic carbocycles. The van der Waals surface area contributed by atoms with Gasteiger partial charge in [0.1, 0.15) is 6.61 Å². The summed E-state index contributed by atoms with van der Waals surface area (Å²) in [5.74, 6) is -0.897. The van der Waals surface area contributed by atoms with Crippen LogP contribution in [0.15, 0.2) is 12.2 Å². The number of hydrogen-bond donors (Lipinski definition) is 2. The molecule has 0 heterocycles. The number of ether oxygens (including phenoxy) is 2. The Labute approximate surface area is 269 Å². The van der Waals surface area contributed by atoms with Crippen LogP contribution in [0, 0.1) is 0 Å². The summed E-state index contributed by atoms with van der Waals surface area (Å²) in [6, 6.07) is 0. The summed E-state index contributed by atoms with van der Waals surface area (Å²) in [5, 5.41) is 0. The second-order valence-electron chi connectivity index (χ2n) is 12.2. The zero-order chi connectivity index (χ0) is 32.6. The second kappa shape index (κ2) is 31.8. The fourth-order valence-electron chi connectivity index (χ4n) is 5.07. The van der Waals surface area contributed by atoms with Crippen LogP contribution in [0.25, 0.3) is 0 Å². The van der Waals surface area contributed by atoms with Crippen LogP contribution in [0.3, 0.4) is 0 Å². The molecule has 0 spiro atoms. The molecule has 0 amide bonds. The molecule has 0 aliphatic heterocycles. The lowest BCUT2D eigenvalue weighted by atomic mass is 10.1. The number of unbranched alkanes of at least 4 members (excludes halogenated alkanes) is 21. The summed E-state index contributed by atoms with van der Waals surface area (Å²) in [6.45, 7) is 3.57. The fraction of sp³-hybridized carbons (Fsp3) is 0.886. The molecule has 0 aromatic carbocycles. The summed E-state index contributed by atoms with van der Waals surface area (Å²) < 4.78 is 26.1. The van der Waals surface area contributed by atoms with E-state index in [0.29, 0.717) is 6.42 Å². The molecule has 0 bridgehead atoms. The molecule has 0 aromatic heterocycles. The number of allylic oxidation sites excluding steroid dienone is 2. The number of phosphoric ester groups is 1. The van der Waals surface area contributed by atoms with Gasteiger partial charge in [0.2, 0.25) is 0 Å². The molecule has 44 heavy (non-hydrogen) atoms. The van der Waals surface area contributed by atoms with E-state index in [9.17, 15) is 14.2 Å². The van der Waals surface area contributed by atoms with Gasteiger partial charge in [0, 0.05) is 12.8 Å². The number of phosphoric acid groups is 1. The number of esters is 2. The van der Waals surface area contributed by atoms with Crippen molar-refractivity contribution >= 4 is 19.8 Å². The van der Waals surface area contributed by atoms with Gasteiger partial charge >= 0.3 is 19.8 Å².